The highest BCUT2D eigenvalue weighted by molar-refractivity contribution is 5.97. The maximum atomic E-state index is 12.7. The van der Waals surface area contributed by atoms with E-state index in [0.717, 1.165) is 11.1 Å². The molecule has 0 aliphatic carbocycles. The first-order chi connectivity index (χ1) is 13.7. The predicted molar refractivity (Wildman–Crippen MR) is 107 cm³/mol. The van der Waals surface area contributed by atoms with Crippen molar-refractivity contribution in [1.29, 1.82) is 0 Å². The van der Waals surface area contributed by atoms with E-state index >= 15 is 0 Å². The second kappa shape index (κ2) is 10.0. The van der Waals surface area contributed by atoms with Crippen molar-refractivity contribution in [3.8, 4) is 0 Å². The van der Waals surface area contributed by atoms with E-state index in [4.69, 9.17) is 4.84 Å². The number of hydroxylamine groups is 1. The van der Waals surface area contributed by atoms with Gasteiger partial charge in [0.1, 0.15) is 6.04 Å². The van der Waals surface area contributed by atoms with Crippen LogP contribution in [0.15, 0.2) is 91.0 Å². The minimum absolute atomic E-state index is 0.247. The van der Waals surface area contributed by atoms with Crippen molar-refractivity contribution in [2.45, 2.75) is 19.1 Å². The van der Waals surface area contributed by atoms with Gasteiger partial charge in [0, 0.05) is 12.0 Å². The Bertz CT molecular complexity index is 883. The molecule has 0 saturated heterocycles. The van der Waals surface area contributed by atoms with Crippen LogP contribution in [-0.4, -0.2) is 17.9 Å². The third-order valence-corrected chi connectivity index (χ3v) is 4.19. The molecule has 0 bridgehead atoms. The number of carbonyl (C=O) groups is 2. The second-order valence-corrected chi connectivity index (χ2v) is 6.32. The Morgan fingerprint density at radius 3 is 1.89 bits per heavy atom. The summed E-state index contributed by atoms with van der Waals surface area (Å²) in [5.74, 6) is -0.705. The first kappa shape index (κ1) is 19.3. The molecule has 3 aromatic rings. The molecule has 5 heteroatoms. The molecule has 0 fully saturated rings. The van der Waals surface area contributed by atoms with Crippen LogP contribution in [-0.2, 0) is 22.7 Å². The molecule has 28 heavy (non-hydrogen) atoms. The van der Waals surface area contributed by atoms with Gasteiger partial charge in [-0.1, -0.05) is 78.9 Å². The Morgan fingerprint density at radius 2 is 1.29 bits per heavy atom. The highest BCUT2D eigenvalue weighted by Crippen LogP contribution is 2.06. The van der Waals surface area contributed by atoms with E-state index in [1.807, 2.05) is 66.7 Å². The van der Waals surface area contributed by atoms with Gasteiger partial charge >= 0.3 is 0 Å². The van der Waals surface area contributed by atoms with E-state index in [0.29, 0.717) is 12.0 Å². The van der Waals surface area contributed by atoms with Crippen molar-refractivity contribution in [1.82, 2.24) is 10.8 Å². The van der Waals surface area contributed by atoms with Gasteiger partial charge in [-0.25, -0.2) is 5.48 Å². The van der Waals surface area contributed by atoms with Gasteiger partial charge in [0.25, 0.3) is 11.8 Å². The fraction of sp³-hybridized carbons (Fsp3) is 0.130. The zero-order valence-electron chi connectivity index (χ0n) is 15.4. The summed E-state index contributed by atoms with van der Waals surface area (Å²) in [6.45, 7) is 0.247. The van der Waals surface area contributed by atoms with Gasteiger partial charge in [0.05, 0.1) is 6.61 Å². The highest BCUT2D eigenvalue weighted by Gasteiger charge is 2.22. The van der Waals surface area contributed by atoms with Crippen molar-refractivity contribution in [2.24, 2.45) is 0 Å². The molecule has 0 saturated carbocycles. The van der Waals surface area contributed by atoms with Gasteiger partial charge in [0.15, 0.2) is 0 Å². The molecule has 0 spiro atoms. The van der Waals surface area contributed by atoms with E-state index in [-0.39, 0.29) is 12.5 Å². The Labute approximate surface area is 164 Å². The fourth-order valence-corrected chi connectivity index (χ4v) is 2.73. The molecular formula is C23H22N2O3. The average molecular weight is 374 g/mol. The summed E-state index contributed by atoms with van der Waals surface area (Å²) in [6, 6.07) is 27.1. The monoisotopic (exact) mass is 374 g/mol. The standard InChI is InChI=1S/C23H22N2O3/c26-22(20-14-8-3-9-15-20)24-21(16-18-10-4-1-5-11-18)23(27)25-28-17-19-12-6-2-7-13-19/h1-15,21H,16-17H2,(H,24,26)(H,25,27)/t21-/m0/s1. The molecule has 0 aliphatic rings. The third kappa shape index (κ3) is 5.79. The molecule has 0 unspecified atom stereocenters. The van der Waals surface area contributed by atoms with Gasteiger partial charge in [-0.3, -0.25) is 14.4 Å². The summed E-state index contributed by atoms with van der Waals surface area (Å²) in [4.78, 5) is 30.5. The van der Waals surface area contributed by atoms with Gasteiger partial charge in [0.2, 0.25) is 0 Å². The number of rotatable bonds is 8. The van der Waals surface area contributed by atoms with Crippen LogP contribution in [0.25, 0.3) is 0 Å². The fourth-order valence-electron chi connectivity index (χ4n) is 2.73. The summed E-state index contributed by atoms with van der Waals surface area (Å²) in [7, 11) is 0. The van der Waals surface area contributed by atoms with Gasteiger partial charge < -0.3 is 5.32 Å². The largest absolute Gasteiger partial charge is 0.340 e. The van der Waals surface area contributed by atoms with Crippen LogP contribution < -0.4 is 10.8 Å². The van der Waals surface area contributed by atoms with Crippen molar-refractivity contribution >= 4 is 11.8 Å². The molecule has 3 rings (SSSR count). The van der Waals surface area contributed by atoms with Crippen molar-refractivity contribution < 1.29 is 14.4 Å². The molecule has 5 nitrogen and oxygen atoms in total. The van der Waals surface area contributed by atoms with E-state index in [2.05, 4.69) is 10.8 Å². The molecule has 142 valence electrons. The van der Waals surface area contributed by atoms with Crippen LogP contribution in [0.4, 0.5) is 0 Å². The van der Waals surface area contributed by atoms with Crippen LogP contribution in [0.1, 0.15) is 21.5 Å². The lowest BCUT2D eigenvalue weighted by atomic mass is 10.0. The van der Waals surface area contributed by atoms with E-state index in [1.54, 1.807) is 24.3 Å². The minimum Gasteiger partial charge on any atom is -0.340 e. The first-order valence-electron chi connectivity index (χ1n) is 9.08. The molecule has 2 amide bonds. The lowest BCUT2D eigenvalue weighted by Gasteiger charge is -2.18. The number of amides is 2. The zero-order valence-corrected chi connectivity index (χ0v) is 15.4. The number of carbonyl (C=O) groups excluding carboxylic acids is 2. The van der Waals surface area contributed by atoms with Crippen molar-refractivity contribution in [3.05, 3.63) is 108 Å². The Balaban J connectivity index is 1.64. The number of benzene rings is 3. The predicted octanol–water partition coefficient (Wildman–Crippen LogP) is 3.28. The summed E-state index contributed by atoms with van der Waals surface area (Å²) in [6.07, 6.45) is 0.361. The smallest absolute Gasteiger partial charge is 0.266 e. The van der Waals surface area contributed by atoms with Crippen molar-refractivity contribution in [3.63, 3.8) is 0 Å². The van der Waals surface area contributed by atoms with Gasteiger partial charge in [-0.15, -0.1) is 0 Å². The topological polar surface area (TPSA) is 67.4 Å². The summed E-state index contributed by atoms with van der Waals surface area (Å²) < 4.78 is 0. The third-order valence-electron chi connectivity index (χ3n) is 4.19. The molecule has 1 atom stereocenters. The summed E-state index contributed by atoms with van der Waals surface area (Å²) in [5.41, 5.74) is 4.84. The van der Waals surface area contributed by atoms with Crippen LogP contribution in [0.2, 0.25) is 0 Å². The normalized spacial score (nSPS) is 11.4. The minimum atomic E-state index is -0.758. The Hall–Kier alpha value is -3.44. The Kier molecular flexibility index (Phi) is 6.93. The van der Waals surface area contributed by atoms with Gasteiger partial charge in [-0.2, -0.15) is 0 Å². The molecule has 2 N–H and O–H groups in total. The number of nitrogens with one attached hydrogen (secondary N) is 2. The number of hydrogen-bond acceptors (Lipinski definition) is 3. The maximum absolute atomic E-state index is 12.7. The van der Waals surface area contributed by atoms with E-state index in [9.17, 15) is 9.59 Å². The summed E-state index contributed by atoms with van der Waals surface area (Å²) in [5, 5.41) is 2.80. The number of hydrogen-bond donors (Lipinski definition) is 2. The average Bonchev–Trinajstić information content (AvgIpc) is 2.75. The first-order valence-corrected chi connectivity index (χ1v) is 9.08. The zero-order chi connectivity index (χ0) is 19.6. The van der Waals surface area contributed by atoms with Crippen molar-refractivity contribution in [2.75, 3.05) is 0 Å². The Morgan fingerprint density at radius 1 is 0.750 bits per heavy atom. The molecular weight excluding hydrogens is 352 g/mol. The summed E-state index contributed by atoms with van der Waals surface area (Å²) >= 11 is 0. The second-order valence-electron chi connectivity index (χ2n) is 6.32. The highest BCUT2D eigenvalue weighted by atomic mass is 16.6. The van der Waals surface area contributed by atoms with E-state index in [1.165, 1.54) is 0 Å². The molecule has 0 radical (unpaired) electrons. The van der Waals surface area contributed by atoms with Crippen LogP contribution in [0.5, 0.6) is 0 Å². The molecule has 3 aromatic carbocycles. The van der Waals surface area contributed by atoms with E-state index < -0.39 is 11.9 Å². The SMILES string of the molecule is O=C(N[C@@H](Cc1ccccc1)C(=O)NOCc1ccccc1)c1ccccc1. The van der Waals surface area contributed by atoms with Crippen LogP contribution >= 0.6 is 0 Å². The molecule has 0 heterocycles. The lowest BCUT2D eigenvalue weighted by molar-refractivity contribution is -0.136. The maximum Gasteiger partial charge on any atom is 0.266 e. The molecule has 0 aliphatic heterocycles. The van der Waals surface area contributed by atoms with Gasteiger partial charge in [-0.05, 0) is 23.3 Å². The molecule has 0 aromatic heterocycles. The van der Waals surface area contributed by atoms with Crippen LogP contribution in [0, 0.1) is 0 Å². The quantitative estimate of drug-likeness (QED) is 0.595. The lowest BCUT2D eigenvalue weighted by Crippen LogP contribution is -2.48. The van der Waals surface area contributed by atoms with Crippen LogP contribution in [0.3, 0.4) is 0 Å².